The number of nitrogens with zero attached hydrogens (tertiary/aromatic N) is 4. The molecule has 0 amide bonds. The Bertz CT molecular complexity index is 1780. The minimum Gasteiger partial charge on any atom is -0.457 e. The second-order valence-electron chi connectivity index (χ2n) is 9.44. The van der Waals surface area contributed by atoms with Crippen molar-refractivity contribution in [2.24, 2.45) is 5.92 Å². The van der Waals surface area contributed by atoms with Gasteiger partial charge in [0.15, 0.2) is 0 Å². The Morgan fingerprint density at radius 1 is 0.971 bits per heavy atom. The highest BCUT2D eigenvalue weighted by molar-refractivity contribution is 6.14. The lowest BCUT2D eigenvalue weighted by Gasteiger charge is -2.19. The number of rotatable bonds is 2. The quantitative estimate of drug-likeness (QED) is 0.365. The molecule has 4 heterocycles. The SMILES string of the molecule is CC1C(=O)n2c(nc3cc4nc5n(c4cc32)C(=O)c2cc(OC3=CC=C=C=C3)ccc2-5)C1(C)C. The maximum atomic E-state index is 13.5. The fraction of sp³-hybridized carbons (Fsp3) is 0.185. The van der Waals surface area contributed by atoms with Crippen molar-refractivity contribution in [3.63, 3.8) is 0 Å². The average Bonchev–Trinajstić information content (AvgIpc) is 3.50. The van der Waals surface area contributed by atoms with Crippen molar-refractivity contribution in [1.82, 2.24) is 19.1 Å². The monoisotopic (exact) mass is 446 g/mol. The highest BCUT2D eigenvalue weighted by Gasteiger charge is 2.46. The van der Waals surface area contributed by atoms with E-state index in [2.05, 4.69) is 11.5 Å². The molecule has 0 saturated carbocycles. The molecule has 0 radical (unpaired) electrons. The highest BCUT2D eigenvalue weighted by atomic mass is 16.5. The maximum absolute atomic E-state index is 13.5. The molecule has 0 fully saturated rings. The molecular weight excluding hydrogens is 428 g/mol. The summed E-state index contributed by atoms with van der Waals surface area (Å²) in [6.07, 6.45) is 5.19. The van der Waals surface area contributed by atoms with Crippen LogP contribution in [0.1, 0.15) is 41.7 Å². The molecule has 164 valence electrons. The van der Waals surface area contributed by atoms with E-state index in [1.165, 1.54) is 0 Å². The zero-order chi connectivity index (χ0) is 23.4. The Hall–Kier alpha value is -4.44. The third-order valence-electron chi connectivity index (χ3n) is 7.21. The molecule has 1 atom stereocenters. The number of aromatic nitrogens is 4. The molecular formula is C27H18N4O3. The smallest absolute Gasteiger partial charge is 0.265 e. The molecule has 4 aromatic rings. The van der Waals surface area contributed by atoms with Crippen LogP contribution in [-0.2, 0) is 5.41 Å². The van der Waals surface area contributed by atoms with Crippen LogP contribution in [0, 0.1) is 5.92 Å². The van der Waals surface area contributed by atoms with Crippen LogP contribution in [0.3, 0.4) is 0 Å². The Balaban J connectivity index is 1.37. The number of ether oxygens (including phenoxy) is 1. The lowest BCUT2D eigenvalue weighted by atomic mass is 9.82. The predicted molar refractivity (Wildman–Crippen MR) is 126 cm³/mol. The summed E-state index contributed by atoms with van der Waals surface area (Å²) in [6.45, 7) is 6.01. The molecule has 7 nitrogen and oxygen atoms in total. The lowest BCUT2D eigenvalue weighted by Crippen LogP contribution is -2.25. The standard InChI is InChI=1S/C27H18N4O3/c1-14-24(32)31-22-13-21-19(12-20(22)29-26(31)27(14,2)3)28-23-17-10-9-16(11-18(17)25(33)30(21)23)34-15-7-5-4-6-8-15/h5,7-14H,1-3H3. The van der Waals surface area contributed by atoms with Crippen LogP contribution >= 0.6 is 0 Å². The Morgan fingerprint density at radius 2 is 1.76 bits per heavy atom. The van der Waals surface area contributed by atoms with Crippen molar-refractivity contribution < 1.29 is 14.3 Å². The number of imidazole rings is 2. The Kier molecular flexibility index (Phi) is 3.43. The Morgan fingerprint density at radius 3 is 2.56 bits per heavy atom. The Labute approximate surface area is 194 Å². The van der Waals surface area contributed by atoms with Gasteiger partial charge in [0.25, 0.3) is 5.91 Å². The zero-order valence-electron chi connectivity index (χ0n) is 18.7. The number of fused-ring (bicyclic) bond motifs is 8. The van der Waals surface area contributed by atoms with E-state index < -0.39 is 0 Å². The van der Waals surface area contributed by atoms with Crippen LogP contribution in [0.25, 0.3) is 33.5 Å². The fourth-order valence-corrected chi connectivity index (χ4v) is 5.00. The third kappa shape index (κ3) is 2.27. The molecule has 0 bridgehead atoms. The summed E-state index contributed by atoms with van der Waals surface area (Å²) in [7, 11) is 0. The molecule has 7 rings (SSSR count). The molecule has 34 heavy (non-hydrogen) atoms. The molecule has 2 aliphatic heterocycles. The van der Waals surface area contributed by atoms with Gasteiger partial charge in [-0.25, -0.2) is 9.97 Å². The molecule has 1 unspecified atom stereocenters. The molecule has 7 heteroatoms. The topological polar surface area (TPSA) is 79.0 Å². The van der Waals surface area contributed by atoms with Crippen LogP contribution in [0.15, 0.2) is 65.8 Å². The summed E-state index contributed by atoms with van der Waals surface area (Å²) in [4.78, 5) is 36.0. The van der Waals surface area contributed by atoms with E-state index in [-0.39, 0.29) is 23.1 Å². The number of carbonyl (C=O) groups excluding carboxylic acids is 2. The van der Waals surface area contributed by atoms with E-state index >= 15 is 0 Å². The van der Waals surface area contributed by atoms with E-state index in [0.717, 1.165) is 11.4 Å². The first-order valence-corrected chi connectivity index (χ1v) is 11.1. The summed E-state index contributed by atoms with van der Waals surface area (Å²) in [5, 5.41) is 0. The number of allylic oxidation sites excluding steroid dienone is 3. The van der Waals surface area contributed by atoms with Crippen LogP contribution < -0.4 is 4.74 Å². The van der Waals surface area contributed by atoms with Crippen molar-refractivity contribution in [3.05, 3.63) is 77.2 Å². The molecule has 3 aliphatic rings. The van der Waals surface area contributed by atoms with Crippen molar-refractivity contribution in [2.45, 2.75) is 26.2 Å². The minimum absolute atomic E-state index is 0.0233. The lowest BCUT2D eigenvalue weighted by molar-refractivity contribution is 0.0851. The first-order valence-electron chi connectivity index (χ1n) is 11.1. The summed E-state index contributed by atoms with van der Waals surface area (Å²) >= 11 is 0. The number of carbonyl (C=O) groups is 2. The van der Waals surface area contributed by atoms with Gasteiger partial charge < -0.3 is 4.74 Å². The van der Waals surface area contributed by atoms with Crippen LogP contribution in [0.4, 0.5) is 0 Å². The fourth-order valence-electron chi connectivity index (χ4n) is 5.00. The first kappa shape index (κ1) is 19.1. The van der Waals surface area contributed by atoms with E-state index in [0.29, 0.717) is 45.0 Å². The number of hydrogen-bond donors (Lipinski definition) is 0. The van der Waals surface area contributed by atoms with Crippen LogP contribution in [0.2, 0.25) is 0 Å². The second kappa shape index (κ2) is 6.12. The van der Waals surface area contributed by atoms with Crippen LogP contribution in [0.5, 0.6) is 5.75 Å². The third-order valence-corrected chi connectivity index (χ3v) is 7.21. The first-order chi connectivity index (χ1) is 16.3. The van der Waals surface area contributed by atoms with Gasteiger partial charge in [-0.05, 0) is 42.5 Å². The minimum atomic E-state index is -0.361. The van der Waals surface area contributed by atoms with Gasteiger partial charge in [-0.2, -0.15) is 0 Å². The summed E-state index contributed by atoms with van der Waals surface area (Å²) < 4.78 is 9.19. The van der Waals surface area contributed by atoms with Gasteiger partial charge in [-0.15, -0.1) is 0 Å². The molecule has 1 aliphatic carbocycles. The molecule has 2 aromatic heterocycles. The van der Waals surface area contributed by atoms with E-state index in [1.54, 1.807) is 33.4 Å². The summed E-state index contributed by atoms with van der Waals surface area (Å²) in [5.74, 6) is 2.18. The molecule has 2 aromatic carbocycles. The van der Waals surface area contributed by atoms with Gasteiger partial charge in [-0.3, -0.25) is 18.7 Å². The predicted octanol–water partition coefficient (Wildman–Crippen LogP) is 4.77. The van der Waals surface area contributed by atoms with Gasteiger partial charge in [-0.1, -0.05) is 32.2 Å². The van der Waals surface area contributed by atoms with Gasteiger partial charge in [0, 0.05) is 23.0 Å². The number of benzene rings is 2. The second-order valence-corrected chi connectivity index (χ2v) is 9.44. The van der Waals surface area contributed by atoms with Gasteiger partial charge >= 0.3 is 0 Å². The molecule has 0 N–H and O–H groups in total. The van der Waals surface area contributed by atoms with E-state index in [9.17, 15) is 9.59 Å². The summed E-state index contributed by atoms with van der Waals surface area (Å²) in [5.41, 5.74) is 9.34. The van der Waals surface area contributed by atoms with E-state index in [1.807, 2.05) is 45.0 Å². The highest BCUT2D eigenvalue weighted by Crippen LogP contribution is 2.42. The van der Waals surface area contributed by atoms with Gasteiger partial charge in [0.05, 0.1) is 27.6 Å². The largest absolute Gasteiger partial charge is 0.457 e. The molecule has 0 spiro atoms. The van der Waals surface area contributed by atoms with Crippen molar-refractivity contribution >= 4 is 33.9 Å². The van der Waals surface area contributed by atoms with Crippen LogP contribution in [-0.4, -0.2) is 30.9 Å². The average molecular weight is 446 g/mol. The zero-order valence-corrected chi connectivity index (χ0v) is 18.7. The summed E-state index contributed by atoms with van der Waals surface area (Å²) in [6, 6.07) is 9.13. The number of hydrogen-bond acceptors (Lipinski definition) is 5. The van der Waals surface area contributed by atoms with Crippen molar-refractivity contribution in [2.75, 3.05) is 0 Å². The molecule has 0 saturated heterocycles. The van der Waals surface area contributed by atoms with Crippen molar-refractivity contribution in [3.8, 4) is 17.1 Å². The van der Waals surface area contributed by atoms with E-state index in [4.69, 9.17) is 14.7 Å². The maximum Gasteiger partial charge on any atom is 0.265 e. The van der Waals surface area contributed by atoms with Gasteiger partial charge in [0.1, 0.15) is 23.2 Å². The van der Waals surface area contributed by atoms with Crippen molar-refractivity contribution in [1.29, 1.82) is 0 Å². The van der Waals surface area contributed by atoms with Gasteiger partial charge in [0.2, 0.25) is 5.91 Å². The normalized spacial score (nSPS) is 19.1.